The minimum absolute atomic E-state index is 0.296. The van der Waals surface area contributed by atoms with Crippen molar-refractivity contribution in [3.05, 3.63) is 66.5 Å². The quantitative estimate of drug-likeness (QED) is 0.682. The fraction of sp³-hybridized carbons (Fsp3) is 0.125. The Balaban J connectivity index is 1.62. The van der Waals surface area contributed by atoms with Crippen LogP contribution in [0.15, 0.2) is 60.9 Å². The van der Waals surface area contributed by atoms with Crippen molar-refractivity contribution >= 4 is 17.0 Å². The Hall–Kier alpha value is -2.62. The highest BCUT2D eigenvalue weighted by Crippen LogP contribution is 2.11. The first kappa shape index (κ1) is 12.4. The van der Waals surface area contributed by atoms with E-state index in [1.54, 1.807) is 18.5 Å². The van der Waals surface area contributed by atoms with Crippen LogP contribution in [-0.2, 0) is 11.3 Å². The van der Waals surface area contributed by atoms with Crippen LogP contribution >= 0.6 is 0 Å². The third-order valence-electron chi connectivity index (χ3n) is 3.10. The van der Waals surface area contributed by atoms with E-state index in [1.807, 2.05) is 47.0 Å². The molecule has 0 atom stereocenters. The van der Waals surface area contributed by atoms with Crippen LogP contribution in [-0.4, -0.2) is 22.1 Å². The predicted octanol–water partition coefficient (Wildman–Crippen LogP) is 2.89. The third-order valence-corrected chi connectivity index (χ3v) is 3.10. The third kappa shape index (κ3) is 2.54. The van der Waals surface area contributed by atoms with Crippen molar-refractivity contribution < 1.29 is 9.53 Å². The molecule has 0 radical (unpaired) electrons. The number of carbonyl (C=O) groups is 1. The summed E-state index contributed by atoms with van der Waals surface area (Å²) in [4.78, 5) is 16.1. The number of rotatable bonds is 4. The van der Waals surface area contributed by atoms with E-state index in [0.29, 0.717) is 18.7 Å². The molecule has 4 nitrogen and oxygen atoms in total. The molecule has 4 heteroatoms. The Labute approximate surface area is 116 Å². The lowest BCUT2D eigenvalue weighted by Gasteiger charge is -2.06. The van der Waals surface area contributed by atoms with Crippen molar-refractivity contribution in [2.75, 3.05) is 6.61 Å². The molecule has 2 aromatic carbocycles. The maximum Gasteiger partial charge on any atom is 0.338 e. The van der Waals surface area contributed by atoms with Crippen molar-refractivity contribution in [2.24, 2.45) is 0 Å². The molecule has 0 aliphatic rings. The molecule has 0 spiro atoms. The summed E-state index contributed by atoms with van der Waals surface area (Å²) in [6.07, 6.45) is 1.76. The number of benzene rings is 2. The molecule has 1 aromatic heterocycles. The molecule has 3 rings (SSSR count). The molecule has 0 amide bonds. The van der Waals surface area contributed by atoms with Crippen molar-refractivity contribution in [2.45, 2.75) is 6.54 Å². The van der Waals surface area contributed by atoms with Gasteiger partial charge in [-0.3, -0.25) is 0 Å². The molecule has 0 aliphatic heterocycles. The minimum Gasteiger partial charge on any atom is -0.460 e. The number of hydrogen-bond donors (Lipinski definition) is 0. The number of carbonyl (C=O) groups excluding carboxylic acids is 1. The van der Waals surface area contributed by atoms with Gasteiger partial charge in [-0.1, -0.05) is 30.3 Å². The molecule has 0 bridgehead atoms. The van der Waals surface area contributed by atoms with Crippen molar-refractivity contribution in [1.29, 1.82) is 0 Å². The molecular weight excluding hydrogens is 252 g/mol. The topological polar surface area (TPSA) is 44.1 Å². The van der Waals surface area contributed by atoms with Crippen molar-refractivity contribution in [3.63, 3.8) is 0 Å². The first-order chi connectivity index (χ1) is 9.84. The summed E-state index contributed by atoms with van der Waals surface area (Å²) in [5.74, 6) is -0.296. The van der Waals surface area contributed by atoms with Gasteiger partial charge in [0.25, 0.3) is 0 Å². The second-order valence-corrected chi connectivity index (χ2v) is 4.43. The van der Waals surface area contributed by atoms with Gasteiger partial charge in [0.1, 0.15) is 6.61 Å². The highest BCUT2D eigenvalue weighted by molar-refractivity contribution is 5.89. The van der Waals surface area contributed by atoms with Gasteiger partial charge in [0.05, 0.1) is 29.5 Å². The van der Waals surface area contributed by atoms with Gasteiger partial charge in [-0.25, -0.2) is 9.78 Å². The van der Waals surface area contributed by atoms with Crippen LogP contribution < -0.4 is 0 Å². The SMILES string of the molecule is O=C(OCCn1cnc2ccccc21)c1ccccc1. The summed E-state index contributed by atoms with van der Waals surface area (Å²) >= 11 is 0. The monoisotopic (exact) mass is 266 g/mol. The Morgan fingerprint density at radius 3 is 2.65 bits per heavy atom. The highest BCUT2D eigenvalue weighted by Gasteiger charge is 2.06. The zero-order valence-electron chi connectivity index (χ0n) is 10.9. The zero-order chi connectivity index (χ0) is 13.8. The molecule has 0 unspecified atom stereocenters. The summed E-state index contributed by atoms with van der Waals surface area (Å²) in [5.41, 5.74) is 2.56. The van der Waals surface area contributed by atoms with Crippen LogP contribution in [0.5, 0.6) is 0 Å². The molecular formula is C16H14N2O2. The second kappa shape index (κ2) is 5.57. The number of nitrogens with zero attached hydrogens (tertiary/aromatic N) is 2. The van der Waals surface area contributed by atoms with E-state index in [4.69, 9.17) is 4.74 Å². The fourth-order valence-electron chi connectivity index (χ4n) is 2.08. The van der Waals surface area contributed by atoms with Gasteiger partial charge in [-0.05, 0) is 24.3 Å². The van der Waals surface area contributed by atoms with Crippen molar-refractivity contribution in [1.82, 2.24) is 9.55 Å². The van der Waals surface area contributed by atoms with Gasteiger partial charge in [-0.2, -0.15) is 0 Å². The van der Waals surface area contributed by atoms with E-state index in [-0.39, 0.29) is 5.97 Å². The molecule has 1 heterocycles. The average Bonchev–Trinajstić information content (AvgIpc) is 2.92. The summed E-state index contributed by atoms with van der Waals surface area (Å²) in [6.45, 7) is 0.924. The highest BCUT2D eigenvalue weighted by atomic mass is 16.5. The average molecular weight is 266 g/mol. The van der Waals surface area contributed by atoms with Crippen LogP contribution in [0.4, 0.5) is 0 Å². The van der Waals surface area contributed by atoms with Gasteiger partial charge < -0.3 is 9.30 Å². The van der Waals surface area contributed by atoms with E-state index in [1.165, 1.54) is 0 Å². The normalized spacial score (nSPS) is 10.6. The largest absolute Gasteiger partial charge is 0.460 e. The van der Waals surface area contributed by atoms with Crippen LogP contribution in [0, 0.1) is 0 Å². The van der Waals surface area contributed by atoms with Gasteiger partial charge >= 0.3 is 5.97 Å². The maximum atomic E-state index is 11.8. The number of fused-ring (bicyclic) bond motifs is 1. The zero-order valence-corrected chi connectivity index (χ0v) is 10.9. The minimum atomic E-state index is -0.296. The number of esters is 1. The van der Waals surface area contributed by atoms with Gasteiger partial charge in [0.15, 0.2) is 0 Å². The summed E-state index contributed by atoms with van der Waals surface area (Å²) in [5, 5.41) is 0. The fourth-order valence-corrected chi connectivity index (χ4v) is 2.08. The Bertz CT molecular complexity index is 719. The van der Waals surface area contributed by atoms with E-state index in [0.717, 1.165) is 11.0 Å². The predicted molar refractivity (Wildman–Crippen MR) is 76.5 cm³/mol. The lowest BCUT2D eigenvalue weighted by molar-refractivity contribution is 0.0492. The number of aromatic nitrogens is 2. The molecule has 0 fully saturated rings. The summed E-state index contributed by atoms with van der Waals surface area (Å²) < 4.78 is 7.24. The lowest BCUT2D eigenvalue weighted by atomic mass is 10.2. The number of para-hydroxylation sites is 2. The number of hydrogen-bond acceptors (Lipinski definition) is 3. The van der Waals surface area contributed by atoms with E-state index >= 15 is 0 Å². The lowest BCUT2D eigenvalue weighted by Crippen LogP contribution is -2.10. The number of imidazole rings is 1. The maximum absolute atomic E-state index is 11.8. The van der Waals surface area contributed by atoms with Gasteiger partial charge in [0.2, 0.25) is 0 Å². The first-order valence-corrected chi connectivity index (χ1v) is 6.46. The Morgan fingerprint density at radius 1 is 1.05 bits per heavy atom. The molecule has 0 aliphatic carbocycles. The van der Waals surface area contributed by atoms with E-state index < -0.39 is 0 Å². The van der Waals surface area contributed by atoms with Crippen LogP contribution in [0.1, 0.15) is 10.4 Å². The van der Waals surface area contributed by atoms with E-state index in [9.17, 15) is 4.79 Å². The Kier molecular flexibility index (Phi) is 3.46. The number of ether oxygens (including phenoxy) is 1. The standard InChI is InChI=1S/C16H14N2O2/c19-16(13-6-2-1-3-7-13)20-11-10-18-12-17-14-8-4-5-9-15(14)18/h1-9,12H,10-11H2. The second-order valence-electron chi connectivity index (χ2n) is 4.43. The van der Waals surface area contributed by atoms with E-state index in [2.05, 4.69) is 4.98 Å². The summed E-state index contributed by atoms with van der Waals surface area (Å²) in [7, 11) is 0. The van der Waals surface area contributed by atoms with Crippen molar-refractivity contribution in [3.8, 4) is 0 Å². The first-order valence-electron chi connectivity index (χ1n) is 6.46. The molecule has 20 heavy (non-hydrogen) atoms. The molecule has 3 aromatic rings. The molecule has 0 N–H and O–H groups in total. The smallest absolute Gasteiger partial charge is 0.338 e. The summed E-state index contributed by atoms with van der Waals surface area (Å²) in [6, 6.07) is 16.9. The van der Waals surface area contributed by atoms with Crippen LogP contribution in [0.25, 0.3) is 11.0 Å². The molecule has 0 saturated heterocycles. The Morgan fingerprint density at radius 2 is 1.80 bits per heavy atom. The van der Waals surface area contributed by atoms with Gasteiger partial charge in [-0.15, -0.1) is 0 Å². The van der Waals surface area contributed by atoms with Gasteiger partial charge in [0, 0.05) is 0 Å². The van der Waals surface area contributed by atoms with Crippen LogP contribution in [0.2, 0.25) is 0 Å². The molecule has 100 valence electrons. The molecule has 0 saturated carbocycles. The van der Waals surface area contributed by atoms with Crippen LogP contribution in [0.3, 0.4) is 0 Å².